The van der Waals surface area contributed by atoms with Crippen LogP contribution in [0.2, 0.25) is 0 Å². The highest BCUT2D eigenvalue weighted by Crippen LogP contribution is 2.21. The Labute approximate surface area is 188 Å². The number of nitrogens with two attached hydrogens (primary N) is 2. The number of carbonyl (C=O) groups excluding carboxylic acids is 2. The fraction of sp³-hybridized carbons (Fsp3) is 0.222. The topological polar surface area (TPSA) is 110 Å². The summed E-state index contributed by atoms with van der Waals surface area (Å²) in [5, 5.41) is 5.69. The molecule has 0 unspecified atom stereocenters. The summed E-state index contributed by atoms with van der Waals surface area (Å²) in [6.45, 7) is 1.06. The van der Waals surface area contributed by atoms with E-state index in [0.29, 0.717) is 35.6 Å². The van der Waals surface area contributed by atoms with E-state index < -0.39 is 0 Å². The minimum Gasteiger partial charge on any atom is -0.398 e. The Kier molecular flexibility index (Phi) is 9.49. The third-order valence-electron chi connectivity index (χ3n) is 3.55. The van der Waals surface area contributed by atoms with Crippen molar-refractivity contribution >= 4 is 76.6 Å². The molecular weight excluding hydrogens is 528 g/mol. The predicted molar refractivity (Wildman–Crippen MR) is 127 cm³/mol. The molecule has 2 aromatic carbocycles. The van der Waals surface area contributed by atoms with Crippen LogP contribution in [0.15, 0.2) is 45.3 Å². The van der Waals surface area contributed by atoms with E-state index >= 15 is 0 Å². The second kappa shape index (κ2) is 11.6. The lowest BCUT2D eigenvalue weighted by Crippen LogP contribution is -2.27. The van der Waals surface area contributed by atoms with Crippen LogP contribution >= 0.6 is 53.4 Å². The molecular formula is C18H20Br2N4O2S2. The Morgan fingerprint density at radius 1 is 0.786 bits per heavy atom. The molecule has 2 rings (SSSR count). The lowest BCUT2D eigenvalue weighted by Gasteiger charge is -2.09. The molecule has 0 spiro atoms. The van der Waals surface area contributed by atoms with E-state index in [4.69, 9.17) is 11.5 Å². The van der Waals surface area contributed by atoms with E-state index in [-0.39, 0.29) is 11.8 Å². The molecule has 0 aliphatic carbocycles. The van der Waals surface area contributed by atoms with Gasteiger partial charge in [-0.05, 0) is 36.4 Å². The molecule has 6 N–H and O–H groups in total. The Morgan fingerprint density at radius 2 is 1.18 bits per heavy atom. The first-order valence-electron chi connectivity index (χ1n) is 8.29. The van der Waals surface area contributed by atoms with Crippen LogP contribution in [0.4, 0.5) is 11.4 Å². The summed E-state index contributed by atoms with van der Waals surface area (Å²) >= 11 is 6.66. The Hall–Kier alpha value is -1.36. The molecule has 0 saturated carbocycles. The van der Waals surface area contributed by atoms with Crippen molar-refractivity contribution in [2.45, 2.75) is 0 Å². The third-order valence-corrected chi connectivity index (χ3v) is 6.94. The fourth-order valence-corrected chi connectivity index (χ4v) is 4.71. The van der Waals surface area contributed by atoms with Crippen molar-refractivity contribution in [2.24, 2.45) is 0 Å². The maximum atomic E-state index is 12.1. The summed E-state index contributed by atoms with van der Waals surface area (Å²) in [5.41, 5.74) is 13.5. The van der Waals surface area contributed by atoms with Crippen molar-refractivity contribution in [3.8, 4) is 0 Å². The quantitative estimate of drug-likeness (QED) is 0.215. The summed E-state index contributed by atoms with van der Waals surface area (Å²) in [7, 11) is 3.26. The highest BCUT2D eigenvalue weighted by atomic mass is 79.9. The van der Waals surface area contributed by atoms with Gasteiger partial charge in [-0.25, -0.2) is 0 Å². The first-order chi connectivity index (χ1) is 13.4. The van der Waals surface area contributed by atoms with Gasteiger partial charge in [0.15, 0.2) is 0 Å². The molecule has 6 nitrogen and oxygen atoms in total. The van der Waals surface area contributed by atoms with E-state index in [9.17, 15) is 9.59 Å². The van der Waals surface area contributed by atoms with Crippen molar-refractivity contribution in [2.75, 3.05) is 36.1 Å². The number of nitrogens with one attached hydrogen (secondary N) is 2. The number of hydrogen-bond acceptors (Lipinski definition) is 6. The van der Waals surface area contributed by atoms with Crippen LogP contribution in [-0.4, -0.2) is 36.4 Å². The predicted octanol–water partition coefficient (Wildman–Crippen LogP) is 3.92. The molecule has 10 heteroatoms. The van der Waals surface area contributed by atoms with Gasteiger partial charge in [-0.1, -0.05) is 53.4 Å². The highest BCUT2D eigenvalue weighted by molar-refractivity contribution is 9.10. The Morgan fingerprint density at radius 3 is 1.57 bits per heavy atom. The number of anilines is 2. The second-order valence-electron chi connectivity index (χ2n) is 5.62. The van der Waals surface area contributed by atoms with Crippen LogP contribution in [0, 0.1) is 0 Å². The molecule has 0 aliphatic heterocycles. The van der Waals surface area contributed by atoms with Crippen LogP contribution in [0.5, 0.6) is 0 Å². The molecule has 0 bridgehead atoms. The van der Waals surface area contributed by atoms with Crippen LogP contribution in [0.3, 0.4) is 0 Å². The SMILES string of the molecule is Nc1ccc(Br)cc1C(=O)NCCSSCCNC(=O)c1cc(Br)ccc1N. The molecule has 0 saturated heterocycles. The lowest BCUT2D eigenvalue weighted by molar-refractivity contribution is 0.0948. The zero-order chi connectivity index (χ0) is 20.5. The zero-order valence-electron chi connectivity index (χ0n) is 14.8. The molecule has 0 fully saturated rings. The number of rotatable bonds is 9. The smallest absolute Gasteiger partial charge is 0.253 e. The van der Waals surface area contributed by atoms with Crippen molar-refractivity contribution in [1.82, 2.24) is 10.6 Å². The normalized spacial score (nSPS) is 10.5. The maximum Gasteiger partial charge on any atom is 0.253 e. The standard InChI is InChI=1S/C18H20Br2N4O2S2/c19-11-1-3-15(21)13(9-11)17(25)23-5-7-27-28-8-6-24-18(26)14-10-12(20)2-4-16(14)22/h1-4,9-10H,5-8,21-22H2,(H,23,25)(H,24,26). The number of halogens is 2. The Balaban J connectivity index is 1.59. The molecule has 0 atom stereocenters. The summed E-state index contributed by atoms with van der Waals surface area (Å²) < 4.78 is 1.62. The molecule has 2 aromatic rings. The fourth-order valence-electron chi connectivity index (χ4n) is 2.17. The molecule has 28 heavy (non-hydrogen) atoms. The van der Waals surface area contributed by atoms with Gasteiger partial charge in [0.05, 0.1) is 11.1 Å². The maximum absolute atomic E-state index is 12.1. The first-order valence-corrected chi connectivity index (χ1v) is 12.4. The molecule has 0 heterocycles. The Bertz CT molecular complexity index is 783. The van der Waals surface area contributed by atoms with Crippen LogP contribution < -0.4 is 22.1 Å². The number of amides is 2. The molecule has 2 amide bonds. The van der Waals surface area contributed by atoms with Crippen molar-refractivity contribution in [3.05, 3.63) is 56.5 Å². The summed E-state index contributed by atoms with van der Waals surface area (Å²) in [6.07, 6.45) is 0. The van der Waals surface area contributed by atoms with E-state index in [1.54, 1.807) is 58.0 Å². The van der Waals surface area contributed by atoms with Gasteiger partial charge in [-0.3, -0.25) is 9.59 Å². The molecule has 0 aromatic heterocycles. The average Bonchev–Trinajstić information content (AvgIpc) is 2.67. The minimum absolute atomic E-state index is 0.191. The lowest BCUT2D eigenvalue weighted by atomic mass is 10.2. The highest BCUT2D eigenvalue weighted by Gasteiger charge is 2.10. The van der Waals surface area contributed by atoms with Gasteiger partial charge < -0.3 is 22.1 Å². The number of hydrogen-bond donors (Lipinski definition) is 4. The summed E-state index contributed by atoms with van der Waals surface area (Å²) in [4.78, 5) is 24.2. The monoisotopic (exact) mass is 546 g/mol. The first kappa shape index (κ1) is 22.9. The summed E-state index contributed by atoms with van der Waals surface area (Å²) in [6, 6.07) is 10.4. The molecule has 0 aliphatic rings. The van der Waals surface area contributed by atoms with Gasteiger partial charge in [-0.15, -0.1) is 0 Å². The van der Waals surface area contributed by atoms with E-state index in [1.807, 2.05) is 0 Å². The van der Waals surface area contributed by atoms with Crippen LogP contribution in [-0.2, 0) is 0 Å². The van der Waals surface area contributed by atoms with Gasteiger partial charge in [-0.2, -0.15) is 0 Å². The second-order valence-corrected chi connectivity index (χ2v) is 10.2. The third kappa shape index (κ3) is 7.23. The molecule has 150 valence electrons. The van der Waals surface area contributed by atoms with Gasteiger partial charge in [0.25, 0.3) is 11.8 Å². The van der Waals surface area contributed by atoms with Gasteiger partial charge in [0, 0.05) is 44.9 Å². The zero-order valence-corrected chi connectivity index (χ0v) is 19.6. The van der Waals surface area contributed by atoms with Crippen LogP contribution in [0.1, 0.15) is 20.7 Å². The summed E-state index contributed by atoms with van der Waals surface area (Å²) in [5.74, 6) is 1.11. The molecule has 0 radical (unpaired) electrons. The average molecular weight is 548 g/mol. The van der Waals surface area contributed by atoms with Gasteiger partial charge in [0.1, 0.15) is 0 Å². The van der Waals surface area contributed by atoms with Crippen molar-refractivity contribution < 1.29 is 9.59 Å². The van der Waals surface area contributed by atoms with E-state index in [0.717, 1.165) is 20.5 Å². The van der Waals surface area contributed by atoms with E-state index in [2.05, 4.69) is 42.5 Å². The number of nitrogen functional groups attached to an aromatic ring is 2. The number of carbonyl (C=O) groups is 2. The van der Waals surface area contributed by atoms with Crippen molar-refractivity contribution in [1.29, 1.82) is 0 Å². The van der Waals surface area contributed by atoms with Gasteiger partial charge >= 0.3 is 0 Å². The van der Waals surface area contributed by atoms with Gasteiger partial charge in [0.2, 0.25) is 0 Å². The van der Waals surface area contributed by atoms with E-state index in [1.165, 1.54) is 0 Å². The number of benzene rings is 2. The minimum atomic E-state index is -0.191. The van der Waals surface area contributed by atoms with Crippen LogP contribution in [0.25, 0.3) is 0 Å². The van der Waals surface area contributed by atoms with Crippen molar-refractivity contribution in [3.63, 3.8) is 0 Å². The largest absolute Gasteiger partial charge is 0.398 e.